The van der Waals surface area contributed by atoms with Crippen LogP contribution in [0, 0.1) is 17.1 Å². The molecule has 0 radical (unpaired) electrons. The fourth-order valence-electron chi connectivity index (χ4n) is 2.40. The molecule has 28 heavy (non-hydrogen) atoms. The van der Waals surface area contributed by atoms with Crippen molar-refractivity contribution in [2.45, 2.75) is 6.54 Å². The summed E-state index contributed by atoms with van der Waals surface area (Å²) in [6.45, 7) is -0.0895. The first kappa shape index (κ1) is 19.7. The van der Waals surface area contributed by atoms with Crippen LogP contribution in [0.1, 0.15) is 21.6 Å². The highest BCUT2D eigenvalue weighted by atomic mass is 35.5. The predicted molar refractivity (Wildman–Crippen MR) is 102 cm³/mol. The fraction of sp³-hybridized carbons (Fsp3) is 0.105. The van der Waals surface area contributed by atoms with Gasteiger partial charge in [0.25, 0.3) is 5.91 Å². The quantitative estimate of drug-likeness (QED) is 0.662. The van der Waals surface area contributed by atoms with Crippen LogP contribution in [-0.4, -0.2) is 15.5 Å². The normalized spacial score (nSPS) is 10.4. The number of imidazole rings is 1. The van der Waals surface area contributed by atoms with Crippen LogP contribution >= 0.6 is 23.2 Å². The van der Waals surface area contributed by atoms with Crippen molar-refractivity contribution in [2.24, 2.45) is 7.05 Å². The SMILES string of the molecule is Cn1cnc(C(=O)NCc2ccc(Cl)c(Oc3cc(Cl)cc(C#N)c3)c2F)c1. The summed E-state index contributed by atoms with van der Waals surface area (Å²) in [4.78, 5) is 16.0. The third-order valence-electron chi connectivity index (χ3n) is 3.73. The Bertz CT molecular complexity index is 1090. The first-order valence-corrected chi connectivity index (χ1v) is 8.74. The zero-order valence-electron chi connectivity index (χ0n) is 14.5. The zero-order chi connectivity index (χ0) is 20.3. The van der Waals surface area contributed by atoms with Crippen LogP contribution < -0.4 is 10.1 Å². The van der Waals surface area contributed by atoms with Gasteiger partial charge in [-0.15, -0.1) is 0 Å². The van der Waals surface area contributed by atoms with E-state index in [1.165, 1.54) is 36.7 Å². The van der Waals surface area contributed by atoms with Crippen LogP contribution in [0.4, 0.5) is 4.39 Å². The third-order valence-corrected chi connectivity index (χ3v) is 4.24. The van der Waals surface area contributed by atoms with Gasteiger partial charge in [0.15, 0.2) is 11.6 Å². The highest BCUT2D eigenvalue weighted by Gasteiger charge is 2.17. The summed E-state index contributed by atoms with van der Waals surface area (Å²) in [5.41, 5.74) is 0.653. The molecule has 6 nitrogen and oxygen atoms in total. The number of carbonyl (C=O) groups is 1. The molecule has 0 spiro atoms. The monoisotopic (exact) mass is 418 g/mol. The smallest absolute Gasteiger partial charge is 0.271 e. The van der Waals surface area contributed by atoms with Gasteiger partial charge in [-0.3, -0.25) is 4.79 Å². The lowest BCUT2D eigenvalue weighted by Crippen LogP contribution is -2.23. The number of hydrogen-bond acceptors (Lipinski definition) is 4. The van der Waals surface area contributed by atoms with Crippen LogP contribution in [0.2, 0.25) is 10.0 Å². The minimum absolute atomic E-state index is 0.0378. The number of nitrogens with zero attached hydrogens (tertiary/aromatic N) is 3. The standard InChI is InChI=1S/C19H13Cl2FN4O2/c1-26-9-16(25-10-26)19(27)24-8-12-2-3-15(21)18(17(12)22)28-14-5-11(7-23)4-13(20)6-14/h2-6,9-10H,8H2,1H3,(H,24,27). The molecule has 0 unspecified atom stereocenters. The molecule has 1 aromatic heterocycles. The van der Waals surface area contributed by atoms with Gasteiger partial charge in [-0.05, 0) is 24.3 Å². The second kappa shape index (κ2) is 8.30. The Balaban J connectivity index is 1.81. The van der Waals surface area contributed by atoms with Crippen molar-refractivity contribution in [1.82, 2.24) is 14.9 Å². The van der Waals surface area contributed by atoms with Gasteiger partial charge in [0, 0.05) is 30.4 Å². The Morgan fingerprint density at radius 3 is 2.82 bits per heavy atom. The Morgan fingerprint density at radius 2 is 2.14 bits per heavy atom. The average Bonchev–Trinajstić information content (AvgIpc) is 3.10. The molecule has 1 amide bonds. The Hall–Kier alpha value is -3.08. The van der Waals surface area contributed by atoms with E-state index >= 15 is 0 Å². The number of ether oxygens (including phenoxy) is 1. The number of benzene rings is 2. The number of halogens is 3. The van der Waals surface area contributed by atoms with Gasteiger partial charge in [-0.1, -0.05) is 29.3 Å². The molecule has 3 rings (SSSR count). The van der Waals surface area contributed by atoms with Crippen LogP contribution in [0.15, 0.2) is 42.9 Å². The second-order valence-corrected chi connectivity index (χ2v) is 6.69. The Kier molecular flexibility index (Phi) is 5.83. The van der Waals surface area contributed by atoms with E-state index in [9.17, 15) is 9.18 Å². The van der Waals surface area contributed by atoms with Gasteiger partial charge in [0.2, 0.25) is 0 Å². The Morgan fingerprint density at radius 1 is 1.36 bits per heavy atom. The van der Waals surface area contributed by atoms with Crippen molar-refractivity contribution in [3.05, 3.63) is 75.5 Å². The summed E-state index contributed by atoms with van der Waals surface area (Å²) in [5.74, 6) is -1.23. The number of hydrogen-bond donors (Lipinski definition) is 1. The average molecular weight is 419 g/mol. The fourth-order valence-corrected chi connectivity index (χ4v) is 2.81. The van der Waals surface area contributed by atoms with Crippen LogP contribution in [-0.2, 0) is 13.6 Å². The minimum Gasteiger partial charge on any atom is -0.453 e. The number of aromatic nitrogens is 2. The predicted octanol–water partition coefficient (Wildman–Crippen LogP) is 4.46. The number of nitrogens with one attached hydrogen (secondary N) is 1. The number of nitriles is 1. The topological polar surface area (TPSA) is 79.9 Å². The van der Waals surface area contributed by atoms with Crippen molar-refractivity contribution in [3.8, 4) is 17.6 Å². The number of amides is 1. The number of rotatable bonds is 5. The van der Waals surface area contributed by atoms with Crippen LogP contribution in [0.5, 0.6) is 11.5 Å². The molecule has 1 heterocycles. The van der Waals surface area contributed by atoms with E-state index in [-0.39, 0.29) is 44.9 Å². The van der Waals surface area contributed by atoms with E-state index in [1.54, 1.807) is 17.8 Å². The largest absolute Gasteiger partial charge is 0.453 e. The van der Waals surface area contributed by atoms with Crippen molar-refractivity contribution in [2.75, 3.05) is 0 Å². The molecule has 0 bridgehead atoms. The van der Waals surface area contributed by atoms with E-state index in [4.69, 9.17) is 33.2 Å². The maximum atomic E-state index is 14.9. The maximum absolute atomic E-state index is 14.9. The van der Waals surface area contributed by atoms with Crippen LogP contribution in [0.25, 0.3) is 0 Å². The number of aryl methyl sites for hydroxylation is 1. The highest BCUT2D eigenvalue weighted by Crippen LogP contribution is 2.35. The lowest BCUT2D eigenvalue weighted by atomic mass is 10.2. The van der Waals surface area contributed by atoms with E-state index in [0.717, 1.165) is 0 Å². The lowest BCUT2D eigenvalue weighted by molar-refractivity contribution is 0.0946. The van der Waals surface area contributed by atoms with Gasteiger partial charge in [0.1, 0.15) is 11.4 Å². The molecular formula is C19H13Cl2FN4O2. The molecule has 2 aromatic carbocycles. The molecule has 1 N–H and O–H groups in total. The molecule has 0 saturated heterocycles. The van der Waals surface area contributed by atoms with E-state index < -0.39 is 11.7 Å². The molecule has 9 heteroatoms. The molecule has 0 aliphatic heterocycles. The van der Waals surface area contributed by atoms with E-state index in [2.05, 4.69) is 10.3 Å². The van der Waals surface area contributed by atoms with Gasteiger partial charge >= 0.3 is 0 Å². The van der Waals surface area contributed by atoms with Gasteiger partial charge in [-0.2, -0.15) is 5.26 Å². The summed E-state index contributed by atoms with van der Waals surface area (Å²) < 4.78 is 22.0. The lowest BCUT2D eigenvalue weighted by Gasteiger charge is -2.13. The van der Waals surface area contributed by atoms with Gasteiger partial charge < -0.3 is 14.6 Å². The molecule has 0 fully saturated rings. The molecule has 3 aromatic rings. The Labute approximate surface area is 170 Å². The molecule has 0 atom stereocenters. The van der Waals surface area contributed by atoms with Crippen molar-refractivity contribution < 1.29 is 13.9 Å². The van der Waals surface area contributed by atoms with Gasteiger partial charge in [-0.25, -0.2) is 9.37 Å². The summed E-state index contributed by atoms with van der Waals surface area (Å²) in [6.07, 6.45) is 3.04. The second-order valence-electron chi connectivity index (χ2n) is 5.85. The molecule has 142 valence electrons. The summed E-state index contributed by atoms with van der Waals surface area (Å²) in [6, 6.07) is 9.15. The molecule has 0 aliphatic carbocycles. The van der Waals surface area contributed by atoms with E-state index in [0.29, 0.717) is 0 Å². The summed E-state index contributed by atoms with van der Waals surface area (Å²) >= 11 is 12.0. The first-order chi connectivity index (χ1) is 13.4. The zero-order valence-corrected chi connectivity index (χ0v) is 16.1. The van der Waals surface area contributed by atoms with Crippen molar-refractivity contribution in [1.29, 1.82) is 5.26 Å². The molecular weight excluding hydrogens is 406 g/mol. The highest BCUT2D eigenvalue weighted by molar-refractivity contribution is 6.32. The summed E-state index contributed by atoms with van der Waals surface area (Å²) in [5, 5.41) is 11.9. The molecule has 0 aliphatic rings. The van der Waals surface area contributed by atoms with E-state index in [1.807, 2.05) is 6.07 Å². The van der Waals surface area contributed by atoms with Crippen molar-refractivity contribution in [3.63, 3.8) is 0 Å². The minimum atomic E-state index is -0.729. The third kappa shape index (κ3) is 4.42. The first-order valence-electron chi connectivity index (χ1n) is 7.99. The maximum Gasteiger partial charge on any atom is 0.271 e. The van der Waals surface area contributed by atoms with Crippen molar-refractivity contribution >= 4 is 29.1 Å². The molecule has 0 saturated carbocycles. The van der Waals surface area contributed by atoms with Gasteiger partial charge in [0.05, 0.1) is 23.0 Å². The number of carbonyl (C=O) groups excluding carboxylic acids is 1. The summed E-state index contributed by atoms with van der Waals surface area (Å²) in [7, 11) is 1.74. The van der Waals surface area contributed by atoms with Crippen LogP contribution in [0.3, 0.4) is 0 Å².